The van der Waals surface area contributed by atoms with Crippen LogP contribution in [-0.2, 0) is 4.79 Å². The van der Waals surface area contributed by atoms with E-state index in [1.807, 2.05) is 11.9 Å². The van der Waals surface area contributed by atoms with E-state index < -0.39 is 8.07 Å². The maximum absolute atomic E-state index is 10.8. The second-order valence-electron chi connectivity index (χ2n) is 6.03. The molecule has 0 aromatic carbocycles. The molecule has 0 heterocycles. The summed E-state index contributed by atoms with van der Waals surface area (Å²) in [7, 11) is 0.893. The Hall–Kier alpha value is -0.313. The summed E-state index contributed by atoms with van der Waals surface area (Å²) in [6, 6.07) is 1.95. The summed E-state index contributed by atoms with van der Waals surface area (Å²) in [5, 5.41) is 0. The van der Waals surface area contributed by atoms with Gasteiger partial charge in [-0.3, -0.25) is 4.79 Å². The molecule has 1 amide bonds. The highest BCUT2D eigenvalue weighted by Crippen LogP contribution is 2.40. The number of amides is 1. The third-order valence-electron chi connectivity index (χ3n) is 4.39. The normalized spacial score (nSPS) is 26.5. The van der Waals surface area contributed by atoms with E-state index in [9.17, 15) is 4.79 Å². The minimum absolute atomic E-state index is 0.514. The van der Waals surface area contributed by atoms with Crippen molar-refractivity contribution in [2.24, 2.45) is 0 Å². The van der Waals surface area contributed by atoms with Gasteiger partial charge >= 0.3 is 0 Å². The lowest BCUT2D eigenvalue weighted by molar-refractivity contribution is -0.119. The number of carbonyl (C=O) groups is 1. The van der Waals surface area contributed by atoms with Crippen molar-refractivity contribution in [2.45, 2.75) is 69.7 Å². The molecular formula is C13H27NOSi. The molecule has 0 aromatic heterocycles. The second kappa shape index (κ2) is 5.85. The average Bonchev–Trinajstić information content (AvgIpc) is 2.28. The van der Waals surface area contributed by atoms with E-state index in [0.717, 1.165) is 12.0 Å². The van der Waals surface area contributed by atoms with E-state index in [1.165, 1.54) is 38.1 Å². The van der Waals surface area contributed by atoms with Crippen molar-refractivity contribution >= 4 is 14.5 Å². The molecule has 2 atom stereocenters. The molecule has 0 aromatic rings. The zero-order valence-electron chi connectivity index (χ0n) is 11.3. The first-order chi connectivity index (χ1) is 7.51. The van der Waals surface area contributed by atoms with Crippen molar-refractivity contribution in [3.63, 3.8) is 0 Å². The van der Waals surface area contributed by atoms with E-state index in [0.29, 0.717) is 6.04 Å². The van der Waals surface area contributed by atoms with Gasteiger partial charge in [0.2, 0.25) is 6.41 Å². The Balaban J connectivity index is 2.59. The maximum Gasteiger partial charge on any atom is 0.209 e. The van der Waals surface area contributed by atoms with Crippen molar-refractivity contribution in [1.82, 2.24) is 4.90 Å². The number of nitrogens with zero attached hydrogens (tertiary/aromatic N) is 1. The Morgan fingerprint density at radius 1 is 1.38 bits per heavy atom. The molecule has 0 saturated heterocycles. The van der Waals surface area contributed by atoms with E-state index in [1.54, 1.807) is 0 Å². The highest BCUT2D eigenvalue weighted by Gasteiger charge is 2.35. The lowest BCUT2D eigenvalue weighted by atomic mass is 9.94. The van der Waals surface area contributed by atoms with Gasteiger partial charge in [-0.25, -0.2) is 0 Å². The summed E-state index contributed by atoms with van der Waals surface area (Å²) in [5.41, 5.74) is 0.925. The smallest absolute Gasteiger partial charge is 0.209 e. The lowest BCUT2D eigenvalue weighted by Gasteiger charge is -2.40. The molecule has 94 valence electrons. The first-order valence-electron chi connectivity index (χ1n) is 6.68. The molecule has 1 fully saturated rings. The van der Waals surface area contributed by atoms with Crippen LogP contribution in [-0.4, -0.2) is 32.5 Å². The molecule has 0 aliphatic heterocycles. The summed E-state index contributed by atoms with van der Waals surface area (Å²) in [4.78, 5) is 12.7. The van der Waals surface area contributed by atoms with Crippen LogP contribution in [0.1, 0.15) is 39.0 Å². The van der Waals surface area contributed by atoms with Crippen LogP contribution in [0.25, 0.3) is 0 Å². The number of rotatable bonds is 5. The van der Waals surface area contributed by atoms with Gasteiger partial charge in [-0.1, -0.05) is 45.3 Å². The highest BCUT2D eigenvalue weighted by molar-refractivity contribution is 6.78. The second-order valence-corrected chi connectivity index (χ2v) is 11.3. The van der Waals surface area contributed by atoms with Crippen LogP contribution in [0.4, 0.5) is 0 Å². The van der Waals surface area contributed by atoms with Gasteiger partial charge in [0.15, 0.2) is 0 Å². The molecule has 0 radical (unpaired) electrons. The summed E-state index contributed by atoms with van der Waals surface area (Å²) in [6.45, 7) is 7.36. The summed E-state index contributed by atoms with van der Waals surface area (Å²) in [6.07, 6.45) is 7.51. The van der Waals surface area contributed by atoms with Gasteiger partial charge in [0.25, 0.3) is 0 Å². The van der Waals surface area contributed by atoms with Gasteiger partial charge in [-0.2, -0.15) is 0 Å². The highest BCUT2D eigenvalue weighted by atomic mass is 28.3. The first kappa shape index (κ1) is 13.8. The fraction of sp³-hybridized carbons (Fsp3) is 0.923. The minimum atomic E-state index is -1.05. The summed E-state index contributed by atoms with van der Waals surface area (Å²) >= 11 is 0. The largest absolute Gasteiger partial charge is 0.345 e. The Morgan fingerprint density at radius 2 is 2.06 bits per heavy atom. The molecule has 1 saturated carbocycles. The van der Waals surface area contributed by atoms with Gasteiger partial charge < -0.3 is 4.90 Å². The van der Waals surface area contributed by atoms with Crippen molar-refractivity contribution < 1.29 is 4.79 Å². The van der Waals surface area contributed by atoms with Gasteiger partial charge in [0.05, 0.1) is 8.07 Å². The Kier molecular flexibility index (Phi) is 5.03. The average molecular weight is 241 g/mol. The zero-order valence-corrected chi connectivity index (χ0v) is 12.3. The van der Waals surface area contributed by atoms with Gasteiger partial charge in [-0.05, 0) is 18.4 Å². The Morgan fingerprint density at radius 3 is 2.62 bits per heavy atom. The molecule has 0 spiro atoms. The molecule has 2 unspecified atom stereocenters. The third-order valence-corrected chi connectivity index (χ3v) is 8.91. The van der Waals surface area contributed by atoms with Crippen LogP contribution in [0.5, 0.6) is 0 Å². The molecule has 1 aliphatic carbocycles. The van der Waals surface area contributed by atoms with Crippen LogP contribution in [0, 0.1) is 0 Å². The minimum Gasteiger partial charge on any atom is -0.345 e. The van der Waals surface area contributed by atoms with Crippen LogP contribution in [0.15, 0.2) is 0 Å². The van der Waals surface area contributed by atoms with Crippen molar-refractivity contribution in [2.75, 3.05) is 7.05 Å². The van der Waals surface area contributed by atoms with Crippen LogP contribution in [0.2, 0.25) is 24.7 Å². The fourth-order valence-corrected chi connectivity index (χ4v) is 6.77. The predicted octanol–water partition coefficient (Wildman–Crippen LogP) is 3.51. The first-order valence-corrected chi connectivity index (χ1v) is 9.97. The lowest BCUT2D eigenvalue weighted by Crippen LogP contribution is -2.41. The quantitative estimate of drug-likeness (QED) is 0.533. The van der Waals surface area contributed by atoms with Gasteiger partial charge in [0.1, 0.15) is 0 Å². The SMILES string of the molecule is CCC[Si](C)(C)C1CCCC(N(C)C=O)C1. The zero-order chi connectivity index (χ0) is 12.2. The fourth-order valence-electron chi connectivity index (χ4n) is 3.18. The molecule has 1 rings (SSSR count). The number of hydrogen-bond acceptors (Lipinski definition) is 1. The maximum atomic E-state index is 10.8. The molecule has 2 nitrogen and oxygen atoms in total. The monoisotopic (exact) mass is 241 g/mol. The van der Waals surface area contributed by atoms with Crippen molar-refractivity contribution in [3.05, 3.63) is 0 Å². The standard InChI is InChI=1S/C13H27NOSi/c1-5-9-16(3,4)13-8-6-7-12(10-13)14(2)11-15/h11-13H,5-10H2,1-4H3. The van der Waals surface area contributed by atoms with Crippen LogP contribution < -0.4 is 0 Å². The third kappa shape index (κ3) is 3.34. The Labute approximate surface area is 101 Å². The van der Waals surface area contributed by atoms with Crippen molar-refractivity contribution in [1.29, 1.82) is 0 Å². The molecule has 3 heteroatoms. The van der Waals surface area contributed by atoms with Crippen LogP contribution >= 0.6 is 0 Å². The van der Waals surface area contributed by atoms with Gasteiger partial charge in [0, 0.05) is 13.1 Å². The summed E-state index contributed by atoms with van der Waals surface area (Å²) < 4.78 is 0. The topological polar surface area (TPSA) is 20.3 Å². The summed E-state index contributed by atoms with van der Waals surface area (Å²) in [5.74, 6) is 0. The number of carbonyl (C=O) groups excluding carboxylic acids is 1. The van der Waals surface area contributed by atoms with E-state index in [2.05, 4.69) is 20.0 Å². The number of hydrogen-bond donors (Lipinski definition) is 0. The Bertz CT molecular complexity index is 230. The van der Waals surface area contributed by atoms with Crippen LogP contribution in [0.3, 0.4) is 0 Å². The van der Waals surface area contributed by atoms with E-state index in [4.69, 9.17) is 0 Å². The van der Waals surface area contributed by atoms with E-state index in [-0.39, 0.29) is 0 Å². The molecular weight excluding hydrogens is 214 g/mol. The molecule has 0 bridgehead atoms. The van der Waals surface area contributed by atoms with Gasteiger partial charge in [-0.15, -0.1) is 0 Å². The molecule has 0 N–H and O–H groups in total. The van der Waals surface area contributed by atoms with Crippen molar-refractivity contribution in [3.8, 4) is 0 Å². The molecule has 16 heavy (non-hydrogen) atoms. The predicted molar refractivity (Wildman–Crippen MR) is 72.4 cm³/mol. The van der Waals surface area contributed by atoms with E-state index >= 15 is 0 Å². The molecule has 1 aliphatic rings.